The number of hydrogen-bond donors (Lipinski definition) is 3. The van der Waals surface area contributed by atoms with E-state index in [1.807, 2.05) is 36.5 Å². The molecule has 0 bridgehead atoms. The molecule has 0 aliphatic heterocycles. The van der Waals surface area contributed by atoms with Crippen molar-refractivity contribution in [1.29, 1.82) is 0 Å². The average Bonchev–Trinajstić information content (AvgIpc) is 3.18. The topological polar surface area (TPSA) is 92.0 Å². The summed E-state index contributed by atoms with van der Waals surface area (Å²) in [5.74, 6) is 1.97. The summed E-state index contributed by atoms with van der Waals surface area (Å²) in [6.07, 6.45) is 2.71. The number of H-pyrrole nitrogens is 2. The lowest BCUT2D eigenvalue weighted by molar-refractivity contribution is 0.354. The van der Waals surface area contributed by atoms with Crippen LogP contribution in [0.5, 0.6) is 11.5 Å². The summed E-state index contributed by atoms with van der Waals surface area (Å²) in [4.78, 5) is 22.7. The van der Waals surface area contributed by atoms with E-state index in [2.05, 4.69) is 32.4 Å². The third-order valence-electron chi connectivity index (χ3n) is 5.34. The molecule has 3 N–H and O–H groups in total. The van der Waals surface area contributed by atoms with Gasteiger partial charge in [-0.2, -0.15) is 0 Å². The molecule has 0 fully saturated rings. The van der Waals surface area contributed by atoms with Crippen LogP contribution >= 0.6 is 0 Å². The molecule has 7 heteroatoms. The van der Waals surface area contributed by atoms with Crippen LogP contribution in [0.1, 0.15) is 28.7 Å². The highest BCUT2D eigenvalue weighted by Gasteiger charge is 2.17. The van der Waals surface area contributed by atoms with Crippen LogP contribution in [-0.2, 0) is 13.0 Å². The van der Waals surface area contributed by atoms with Gasteiger partial charge in [-0.1, -0.05) is 24.3 Å². The Labute approximate surface area is 180 Å². The number of benzene rings is 2. The van der Waals surface area contributed by atoms with Crippen molar-refractivity contribution in [2.75, 3.05) is 14.2 Å². The van der Waals surface area contributed by atoms with Crippen LogP contribution in [0, 0.1) is 6.92 Å². The van der Waals surface area contributed by atoms with Gasteiger partial charge in [-0.05, 0) is 42.7 Å². The number of nitrogens with zero attached hydrogens (tertiary/aromatic N) is 1. The molecule has 0 amide bonds. The smallest absolute Gasteiger partial charge is 0.251 e. The molecule has 0 aliphatic carbocycles. The van der Waals surface area contributed by atoms with Gasteiger partial charge in [0.2, 0.25) is 0 Å². The number of para-hydroxylation sites is 1. The highest BCUT2D eigenvalue weighted by molar-refractivity contribution is 5.83. The van der Waals surface area contributed by atoms with Gasteiger partial charge in [0.25, 0.3) is 5.56 Å². The Kier molecular flexibility index (Phi) is 6.04. The van der Waals surface area contributed by atoms with Crippen molar-refractivity contribution in [2.24, 2.45) is 0 Å². The van der Waals surface area contributed by atoms with Gasteiger partial charge in [-0.25, -0.2) is 4.98 Å². The molecule has 0 saturated heterocycles. The zero-order chi connectivity index (χ0) is 21.8. The quantitative estimate of drug-likeness (QED) is 0.406. The Balaban J connectivity index is 1.63. The van der Waals surface area contributed by atoms with Crippen LogP contribution in [0.25, 0.3) is 10.9 Å². The van der Waals surface area contributed by atoms with Crippen LogP contribution in [0.15, 0.2) is 59.5 Å². The average molecular weight is 418 g/mol. The third kappa shape index (κ3) is 4.62. The molecule has 1 atom stereocenters. The Morgan fingerprint density at radius 1 is 1.06 bits per heavy atom. The number of aryl methyl sites for hydroxylation is 1. The number of aromatic amines is 2. The predicted molar refractivity (Wildman–Crippen MR) is 121 cm³/mol. The molecule has 0 radical (unpaired) electrons. The fraction of sp³-hybridized carbons (Fsp3) is 0.250. The van der Waals surface area contributed by atoms with Crippen LogP contribution < -0.4 is 20.3 Å². The van der Waals surface area contributed by atoms with Crippen LogP contribution in [-0.4, -0.2) is 29.2 Å². The normalized spacial score (nSPS) is 12.1. The highest BCUT2D eigenvalue weighted by Crippen LogP contribution is 2.28. The Bertz CT molecular complexity index is 1250. The number of methoxy groups -OCH3 is 2. The molecule has 4 aromatic rings. The van der Waals surface area contributed by atoms with Crippen LogP contribution in [0.2, 0.25) is 0 Å². The molecule has 0 spiro atoms. The molecule has 4 rings (SSSR count). The standard InChI is InChI=1S/C24H26N4O3/c1-15-27-21(12-24(29)28-15)20(11-17-14-26-19-7-5-4-6-18(17)19)25-13-16-8-9-22(30-2)23(10-16)31-3/h4-10,12,14,20,25-26H,11,13H2,1-3H3,(H,27,28,29). The fourth-order valence-corrected chi connectivity index (χ4v) is 3.81. The van der Waals surface area contributed by atoms with Crippen molar-refractivity contribution in [3.05, 3.63) is 87.7 Å². The number of nitrogens with one attached hydrogen (secondary N) is 3. The maximum Gasteiger partial charge on any atom is 0.251 e. The zero-order valence-electron chi connectivity index (χ0n) is 17.9. The molecule has 2 heterocycles. The van der Waals surface area contributed by atoms with Gasteiger partial charge in [0, 0.05) is 29.7 Å². The van der Waals surface area contributed by atoms with Gasteiger partial charge in [-0.3, -0.25) is 4.79 Å². The van der Waals surface area contributed by atoms with Gasteiger partial charge >= 0.3 is 0 Å². The Morgan fingerprint density at radius 2 is 1.87 bits per heavy atom. The first-order valence-electron chi connectivity index (χ1n) is 10.1. The van der Waals surface area contributed by atoms with E-state index in [-0.39, 0.29) is 11.6 Å². The van der Waals surface area contributed by atoms with Gasteiger partial charge in [-0.15, -0.1) is 0 Å². The molecule has 160 valence electrons. The lowest BCUT2D eigenvalue weighted by atomic mass is 10.0. The lowest BCUT2D eigenvalue weighted by Gasteiger charge is -2.19. The molecule has 7 nitrogen and oxygen atoms in total. The minimum absolute atomic E-state index is 0.145. The first-order valence-corrected chi connectivity index (χ1v) is 10.1. The van der Waals surface area contributed by atoms with E-state index < -0.39 is 0 Å². The number of ether oxygens (including phenoxy) is 2. The van der Waals surface area contributed by atoms with Gasteiger partial charge < -0.3 is 24.8 Å². The van der Waals surface area contributed by atoms with E-state index in [1.165, 1.54) is 10.9 Å². The minimum Gasteiger partial charge on any atom is -0.493 e. The molecule has 31 heavy (non-hydrogen) atoms. The van der Waals surface area contributed by atoms with Gasteiger partial charge in [0.05, 0.1) is 26.0 Å². The summed E-state index contributed by atoms with van der Waals surface area (Å²) < 4.78 is 10.7. The summed E-state index contributed by atoms with van der Waals surface area (Å²) in [6, 6.07) is 15.4. The SMILES string of the molecule is COc1ccc(CNC(Cc2c[nH]c3ccccc23)c2cc(=O)[nH]c(C)n2)cc1OC. The van der Waals surface area contributed by atoms with E-state index in [0.29, 0.717) is 36.0 Å². The molecule has 0 aliphatic rings. The monoisotopic (exact) mass is 418 g/mol. The summed E-state index contributed by atoms with van der Waals surface area (Å²) in [5.41, 5.74) is 3.86. The Hall–Kier alpha value is -3.58. The van der Waals surface area contributed by atoms with Crippen molar-refractivity contribution in [3.8, 4) is 11.5 Å². The lowest BCUT2D eigenvalue weighted by Crippen LogP contribution is -2.26. The molecule has 0 saturated carbocycles. The molecule has 2 aromatic carbocycles. The van der Waals surface area contributed by atoms with E-state index in [4.69, 9.17) is 9.47 Å². The van der Waals surface area contributed by atoms with E-state index in [1.54, 1.807) is 27.2 Å². The molecule has 1 unspecified atom stereocenters. The van der Waals surface area contributed by atoms with Crippen molar-refractivity contribution < 1.29 is 9.47 Å². The van der Waals surface area contributed by atoms with Gasteiger partial charge in [0.1, 0.15) is 5.82 Å². The minimum atomic E-state index is -0.153. The number of aromatic nitrogens is 3. The zero-order valence-corrected chi connectivity index (χ0v) is 17.9. The van der Waals surface area contributed by atoms with Crippen molar-refractivity contribution in [3.63, 3.8) is 0 Å². The first-order chi connectivity index (χ1) is 15.1. The van der Waals surface area contributed by atoms with Crippen LogP contribution in [0.4, 0.5) is 0 Å². The van der Waals surface area contributed by atoms with Crippen molar-refractivity contribution in [1.82, 2.24) is 20.3 Å². The summed E-state index contributed by atoms with van der Waals surface area (Å²) >= 11 is 0. The van der Waals surface area contributed by atoms with Crippen molar-refractivity contribution in [2.45, 2.75) is 25.9 Å². The predicted octanol–water partition coefficient (Wildman–Crippen LogP) is 3.65. The molecule has 2 aromatic heterocycles. The van der Waals surface area contributed by atoms with Gasteiger partial charge in [0.15, 0.2) is 11.5 Å². The number of rotatable bonds is 8. The molecular formula is C24H26N4O3. The maximum atomic E-state index is 12.1. The van der Waals surface area contributed by atoms with Crippen LogP contribution in [0.3, 0.4) is 0 Å². The summed E-state index contributed by atoms with van der Waals surface area (Å²) in [7, 11) is 3.24. The Morgan fingerprint density at radius 3 is 2.65 bits per heavy atom. The van der Waals surface area contributed by atoms with E-state index in [0.717, 1.165) is 11.1 Å². The number of hydrogen-bond acceptors (Lipinski definition) is 5. The third-order valence-corrected chi connectivity index (χ3v) is 5.34. The second kappa shape index (κ2) is 9.06. The largest absolute Gasteiger partial charge is 0.493 e. The first kappa shape index (κ1) is 20.7. The highest BCUT2D eigenvalue weighted by atomic mass is 16.5. The van der Waals surface area contributed by atoms with Crippen molar-refractivity contribution >= 4 is 10.9 Å². The van der Waals surface area contributed by atoms with E-state index >= 15 is 0 Å². The second-order valence-corrected chi connectivity index (χ2v) is 7.44. The maximum absolute atomic E-state index is 12.1. The number of fused-ring (bicyclic) bond motifs is 1. The second-order valence-electron chi connectivity index (χ2n) is 7.44. The van der Waals surface area contributed by atoms with E-state index in [9.17, 15) is 4.79 Å². The fourth-order valence-electron chi connectivity index (χ4n) is 3.81. The molecular weight excluding hydrogens is 392 g/mol. The summed E-state index contributed by atoms with van der Waals surface area (Å²) in [6.45, 7) is 2.38. The summed E-state index contributed by atoms with van der Waals surface area (Å²) in [5, 5.41) is 4.74.